The molecule has 0 spiro atoms. The molecule has 34 heavy (non-hydrogen) atoms. The molecule has 2 aliphatic rings. The van der Waals surface area contributed by atoms with Gasteiger partial charge in [-0.1, -0.05) is 12.1 Å². The van der Waals surface area contributed by atoms with Crippen LogP contribution in [-0.4, -0.2) is 26.4 Å². The summed E-state index contributed by atoms with van der Waals surface area (Å²) in [6.45, 7) is 0. The monoisotopic (exact) mass is 460 g/mol. The normalized spacial score (nSPS) is 24.2. The van der Waals surface area contributed by atoms with Gasteiger partial charge in [-0.2, -0.15) is 10.5 Å². The number of hydrogen-bond acceptors (Lipinski definition) is 6. The maximum absolute atomic E-state index is 9.14. The van der Waals surface area contributed by atoms with Gasteiger partial charge in [-0.15, -0.1) is 0 Å². The van der Waals surface area contributed by atoms with Crippen LogP contribution in [0.3, 0.4) is 0 Å². The van der Waals surface area contributed by atoms with E-state index in [9.17, 15) is 0 Å². The number of methoxy groups -OCH3 is 2. The Hall–Kier alpha value is -3.06. The van der Waals surface area contributed by atoms with Gasteiger partial charge in [0.2, 0.25) is 0 Å². The fraction of sp³-hybridized carbons (Fsp3) is 0.500. The Balaban J connectivity index is 0.000000191. The third kappa shape index (κ3) is 6.50. The molecule has 0 bridgehead atoms. The Bertz CT molecular complexity index is 940. The average molecular weight is 461 g/mol. The molecule has 2 aromatic carbocycles. The molecule has 2 saturated carbocycles. The van der Waals surface area contributed by atoms with Gasteiger partial charge in [-0.05, 0) is 98.6 Å². The molecule has 180 valence electrons. The van der Waals surface area contributed by atoms with Crippen LogP contribution in [0.5, 0.6) is 0 Å². The van der Waals surface area contributed by atoms with Gasteiger partial charge >= 0.3 is 0 Å². The first kappa shape index (κ1) is 25.6. The van der Waals surface area contributed by atoms with E-state index in [4.69, 9.17) is 31.5 Å². The fourth-order valence-corrected chi connectivity index (χ4v) is 5.27. The summed E-state index contributed by atoms with van der Waals surface area (Å²) in [5, 5.41) is 18.3. The van der Waals surface area contributed by atoms with Gasteiger partial charge in [0.25, 0.3) is 0 Å². The highest BCUT2D eigenvalue weighted by Gasteiger charge is 2.25. The van der Waals surface area contributed by atoms with Crippen LogP contribution in [0.15, 0.2) is 36.4 Å². The lowest BCUT2D eigenvalue weighted by Crippen LogP contribution is -2.19. The molecule has 0 amide bonds. The molecule has 6 nitrogen and oxygen atoms in total. The zero-order valence-electron chi connectivity index (χ0n) is 20.3. The first-order chi connectivity index (χ1) is 16.5. The number of anilines is 2. The predicted molar refractivity (Wildman–Crippen MR) is 135 cm³/mol. The first-order valence-corrected chi connectivity index (χ1v) is 12.1. The van der Waals surface area contributed by atoms with Crippen molar-refractivity contribution in [2.45, 2.75) is 75.4 Å². The lowest BCUT2D eigenvalue weighted by atomic mass is 9.81. The number of nitrogens with two attached hydrogens (primary N) is 2. The van der Waals surface area contributed by atoms with E-state index in [1.54, 1.807) is 26.4 Å². The van der Waals surface area contributed by atoms with Crippen LogP contribution in [0.25, 0.3) is 0 Å². The zero-order valence-corrected chi connectivity index (χ0v) is 20.3. The van der Waals surface area contributed by atoms with Crippen molar-refractivity contribution in [1.82, 2.24) is 0 Å². The average Bonchev–Trinajstić information content (AvgIpc) is 2.89. The number of nitrogen functional groups attached to an aromatic ring is 2. The van der Waals surface area contributed by atoms with Gasteiger partial charge in [0.15, 0.2) is 0 Å². The van der Waals surface area contributed by atoms with Crippen LogP contribution in [0.1, 0.15) is 85.5 Å². The standard InChI is InChI=1S/2C14H18N2O/c2*1-17-13-5-2-10(3-6-13)14-7-4-12(16)8-11(14)9-15/h2*4,7-8,10,13H,2-3,5-6,16H2,1H3. The molecule has 4 rings (SSSR count). The summed E-state index contributed by atoms with van der Waals surface area (Å²) >= 11 is 0. The van der Waals surface area contributed by atoms with E-state index in [-0.39, 0.29) is 0 Å². The van der Waals surface area contributed by atoms with Crippen molar-refractivity contribution in [2.75, 3.05) is 25.7 Å². The first-order valence-electron chi connectivity index (χ1n) is 12.1. The van der Waals surface area contributed by atoms with Gasteiger partial charge in [0.1, 0.15) is 0 Å². The third-order valence-electron chi connectivity index (χ3n) is 7.29. The van der Waals surface area contributed by atoms with Gasteiger partial charge in [-0.3, -0.25) is 0 Å². The molecule has 0 radical (unpaired) electrons. The largest absolute Gasteiger partial charge is 0.399 e. The van der Waals surface area contributed by atoms with E-state index < -0.39 is 0 Å². The molecule has 2 fully saturated rings. The summed E-state index contributed by atoms with van der Waals surface area (Å²) < 4.78 is 10.7. The Kier molecular flexibility index (Phi) is 9.33. The van der Waals surface area contributed by atoms with Crippen molar-refractivity contribution in [1.29, 1.82) is 10.5 Å². The van der Waals surface area contributed by atoms with E-state index in [2.05, 4.69) is 12.1 Å². The van der Waals surface area contributed by atoms with Crippen LogP contribution in [-0.2, 0) is 9.47 Å². The highest BCUT2D eigenvalue weighted by molar-refractivity contribution is 5.52. The van der Waals surface area contributed by atoms with Crippen molar-refractivity contribution >= 4 is 11.4 Å². The second-order valence-electron chi connectivity index (χ2n) is 9.34. The van der Waals surface area contributed by atoms with Crippen LogP contribution < -0.4 is 11.5 Å². The second kappa shape index (κ2) is 12.4. The quantitative estimate of drug-likeness (QED) is 0.571. The summed E-state index contributed by atoms with van der Waals surface area (Å²) in [7, 11) is 3.55. The summed E-state index contributed by atoms with van der Waals surface area (Å²) in [4.78, 5) is 0. The smallest absolute Gasteiger partial charge is 0.0995 e. The molecule has 0 heterocycles. The summed E-state index contributed by atoms with van der Waals surface area (Å²) in [6.07, 6.45) is 9.48. The van der Waals surface area contributed by atoms with E-state index in [0.29, 0.717) is 35.4 Å². The minimum absolute atomic E-state index is 0.394. The Labute approximate surface area is 203 Å². The molecule has 2 aliphatic carbocycles. The lowest BCUT2D eigenvalue weighted by molar-refractivity contribution is 0.0657. The lowest BCUT2D eigenvalue weighted by Gasteiger charge is -2.28. The molecule has 6 heteroatoms. The van der Waals surface area contributed by atoms with E-state index in [0.717, 1.165) is 73.6 Å². The van der Waals surface area contributed by atoms with Crippen LogP contribution >= 0.6 is 0 Å². The topological polar surface area (TPSA) is 118 Å². The van der Waals surface area contributed by atoms with Gasteiger partial charge in [0, 0.05) is 25.6 Å². The van der Waals surface area contributed by atoms with Gasteiger partial charge in [-0.25, -0.2) is 0 Å². The van der Waals surface area contributed by atoms with Crippen molar-refractivity contribution in [3.8, 4) is 12.1 Å². The third-order valence-corrected chi connectivity index (χ3v) is 7.29. The number of benzene rings is 2. The number of rotatable bonds is 4. The number of nitriles is 2. The fourth-order valence-electron chi connectivity index (χ4n) is 5.27. The highest BCUT2D eigenvalue weighted by Crippen LogP contribution is 2.37. The van der Waals surface area contributed by atoms with E-state index >= 15 is 0 Å². The molecule has 0 saturated heterocycles. The molecule has 0 aliphatic heterocycles. The SMILES string of the molecule is COC1CCC(c2ccc(N)cc2C#N)CC1.COC1CCC(c2ccc(N)cc2C#N)CC1. The summed E-state index contributed by atoms with van der Waals surface area (Å²) in [5.74, 6) is 0.966. The van der Waals surface area contributed by atoms with Crippen molar-refractivity contribution in [3.63, 3.8) is 0 Å². The number of hydrogen-bond donors (Lipinski definition) is 2. The van der Waals surface area contributed by atoms with Gasteiger partial charge < -0.3 is 20.9 Å². The Morgan fingerprint density at radius 2 is 1.00 bits per heavy atom. The molecular formula is C28H36N4O2. The maximum Gasteiger partial charge on any atom is 0.0995 e. The molecule has 2 aromatic rings. The second-order valence-corrected chi connectivity index (χ2v) is 9.34. The molecule has 0 atom stereocenters. The molecule has 0 unspecified atom stereocenters. The van der Waals surface area contributed by atoms with Gasteiger partial charge in [0.05, 0.1) is 35.5 Å². The minimum Gasteiger partial charge on any atom is -0.399 e. The van der Waals surface area contributed by atoms with Crippen LogP contribution in [0, 0.1) is 22.7 Å². The Morgan fingerprint density at radius 3 is 1.29 bits per heavy atom. The number of ether oxygens (including phenoxy) is 2. The maximum atomic E-state index is 9.14. The van der Waals surface area contributed by atoms with Crippen LogP contribution in [0.4, 0.5) is 11.4 Å². The minimum atomic E-state index is 0.394. The zero-order chi connectivity index (χ0) is 24.5. The Morgan fingerprint density at radius 1 is 0.647 bits per heavy atom. The molecular weight excluding hydrogens is 424 g/mol. The highest BCUT2D eigenvalue weighted by atomic mass is 16.5. The van der Waals surface area contributed by atoms with Crippen molar-refractivity contribution < 1.29 is 9.47 Å². The van der Waals surface area contributed by atoms with Crippen molar-refractivity contribution in [2.24, 2.45) is 0 Å². The van der Waals surface area contributed by atoms with Crippen molar-refractivity contribution in [3.05, 3.63) is 58.7 Å². The molecule has 4 N–H and O–H groups in total. The predicted octanol–water partition coefficient (Wildman–Crippen LogP) is 5.63. The molecule has 0 aromatic heterocycles. The van der Waals surface area contributed by atoms with Crippen LogP contribution in [0.2, 0.25) is 0 Å². The summed E-state index contributed by atoms with van der Waals surface area (Å²) in [5.41, 5.74) is 16.5. The van der Waals surface area contributed by atoms with E-state index in [1.807, 2.05) is 24.3 Å². The number of nitrogens with zero attached hydrogens (tertiary/aromatic N) is 2. The van der Waals surface area contributed by atoms with E-state index in [1.165, 1.54) is 0 Å². The summed E-state index contributed by atoms with van der Waals surface area (Å²) in [6, 6.07) is 15.8.